The summed E-state index contributed by atoms with van der Waals surface area (Å²) >= 11 is 0. The molecule has 0 aromatic heterocycles. The number of piperidine rings is 4. The van der Waals surface area contributed by atoms with Crippen LogP contribution >= 0.6 is 0 Å². The van der Waals surface area contributed by atoms with Gasteiger partial charge in [0.05, 0.1) is 11.7 Å². The fraction of sp³-hybridized carbons (Fsp3) is 0.404. The Kier molecular flexibility index (Phi) is 10.3. The van der Waals surface area contributed by atoms with Gasteiger partial charge in [0.1, 0.15) is 17.3 Å². The Morgan fingerprint density at radius 1 is 0.754 bits per heavy atom. The molecule has 6 aliphatic heterocycles. The molecule has 10 heteroatoms. The van der Waals surface area contributed by atoms with Gasteiger partial charge >= 0.3 is 0 Å². The number of piperazine rings is 1. The van der Waals surface area contributed by atoms with Crippen LogP contribution in [0.15, 0.2) is 84.9 Å². The number of imide groups is 1. The van der Waals surface area contributed by atoms with Gasteiger partial charge in [0, 0.05) is 70.0 Å². The van der Waals surface area contributed by atoms with Crippen LogP contribution in [0.4, 0.5) is 15.8 Å². The molecule has 3 unspecified atom stereocenters. The van der Waals surface area contributed by atoms with Gasteiger partial charge in [0.2, 0.25) is 11.8 Å². The number of amides is 2. The van der Waals surface area contributed by atoms with Gasteiger partial charge in [0.15, 0.2) is 0 Å². The number of aromatic hydroxyl groups is 2. The topological polar surface area (TPSA) is 99.6 Å². The number of benzene rings is 4. The lowest BCUT2D eigenvalue weighted by Crippen LogP contribution is -2.63. The van der Waals surface area contributed by atoms with Crippen molar-refractivity contribution in [2.24, 2.45) is 5.92 Å². The van der Waals surface area contributed by atoms with Crippen molar-refractivity contribution >= 4 is 34.3 Å². The smallest absolute Gasteiger partial charge is 0.243 e. The summed E-state index contributed by atoms with van der Waals surface area (Å²) in [6.07, 6.45) is 6.17. The second-order valence-electron chi connectivity index (χ2n) is 16.7. The first-order chi connectivity index (χ1) is 27.7. The zero-order valence-electron chi connectivity index (χ0n) is 32.7. The van der Waals surface area contributed by atoms with Gasteiger partial charge in [-0.3, -0.25) is 24.7 Å². The highest BCUT2D eigenvalue weighted by Crippen LogP contribution is 2.40. The average Bonchev–Trinajstić information content (AvgIpc) is 3.63. The Morgan fingerprint density at radius 3 is 1.98 bits per heavy atom. The van der Waals surface area contributed by atoms with E-state index in [0.29, 0.717) is 43.6 Å². The summed E-state index contributed by atoms with van der Waals surface area (Å²) < 4.78 is 15.8. The minimum Gasteiger partial charge on any atom is -0.508 e. The number of halogens is 1. The van der Waals surface area contributed by atoms with E-state index < -0.39 is 0 Å². The number of phenols is 2. The van der Waals surface area contributed by atoms with Crippen molar-refractivity contribution < 1.29 is 24.2 Å². The molecule has 6 aliphatic rings. The quantitative estimate of drug-likeness (QED) is 0.121. The second kappa shape index (κ2) is 15.6. The number of carbonyl (C=O) groups excluding carboxylic acids is 2. The van der Waals surface area contributed by atoms with E-state index in [9.17, 15) is 19.8 Å². The van der Waals surface area contributed by atoms with Gasteiger partial charge in [-0.15, -0.1) is 0 Å². The highest BCUT2D eigenvalue weighted by atomic mass is 19.1. The Balaban J connectivity index is 0.826. The molecule has 57 heavy (non-hydrogen) atoms. The van der Waals surface area contributed by atoms with Crippen LogP contribution in [0.25, 0.3) is 11.1 Å². The Hall–Kier alpha value is -5.19. The van der Waals surface area contributed by atoms with Crippen molar-refractivity contribution in [3.05, 3.63) is 119 Å². The van der Waals surface area contributed by atoms with Gasteiger partial charge in [-0.1, -0.05) is 43.3 Å². The van der Waals surface area contributed by atoms with Gasteiger partial charge in [-0.25, -0.2) is 4.39 Å². The molecule has 4 aromatic rings. The summed E-state index contributed by atoms with van der Waals surface area (Å²) in [5.41, 5.74) is 9.49. The third-order valence-electron chi connectivity index (χ3n) is 13.3. The van der Waals surface area contributed by atoms with E-state index in [1.165, 1.54) is 11.3 Å². The first-order valence-corrected chi connectivity index (χ1v) is 20.8. The van der Waals surface area contributed by atoms with Gasteiger partial charge < -0.3 is 20.0 Å². The minimum absolute atomic E-state index is 0.172. The lowest BCUT2D eigenvalue weighted by molar-refractivity contribution is -0.137. The fourth-order valence-corrected chi connectivity index (χ4v) is 10.2. The molecule has 5 fully saturated rings. The molecule has 0 spiro atoms. The molecular formula is C47H52FN5O4. The van der Waals surface area contributed by atoms with Crippen LogP contribution in [-0.2, 0) is 22.7 Å². The number of rotatable bonds is 9. The maximum absolute atomic E-state index is 15.8. The number of nitrogens with zero attached hydrogens (tertiary/aromatic N) is 4. The largest absolute Gasteiger partial charge is 0.508 e. The fourth-order valence-electron chi connectivity index (χ4n) is 10.2. The van der Waals surface area contributed by atoms with Crippen molar-refractivity contribution in [1.82, 2.24) is 15.1 Å². The molecule has 3 atom stereocenters. The summed E-state index contributed by atoms with van der Waals surface area (Å²) in [5, 5.41) is 22.4. The van der Waals surface area contributed by atoms with E-state index in [2.05, 4.69) is 56.1 Å². The van der Waals surface area contributed by atoms with Crippen LogP contribution in [0.3, 0.4) is 0 Å². The maximum Gasteiger partial charge on any atom is 0.243 e. The number of hydrogen-bond acceptors (Lipinski definition) is 8. The van der Waals surface area contributed by atoms with E-state index in [0.717, 1.165) is 98.2 Å². The molecular weight excluding hydrogens is 718 g/mol. The van der Waals surface area contributed by atoms with Crippen molar-refractivity contribution in [2.45, 2.75) is 83.1 Å². The van der Waals surface area contributed by atoms with Crippen LogP contribution in [0.5, 0.6) is 11.5 Å². The molecule has 4 aromatic carbocycles. The highest BCUT2D eigenvalue weighted by molar-refractivity contribution is 6.00. The zero-order valence-corrected chi connectivity index (χ0v) is 32.7. The van der Waals surface area contributed by atoms with E-state index in [4.69, 9.17) is 0 Å². The van der Waals surface area contributed by atoms with E-state index in [-0.39, 0.29) is 41.2 Å². The molecule has 5 saturated heterocycles. The molecule has 296 valence electrons. The normalized spacial score (nSPS) is 23.4. The SMILES string of the molecule is CCC(=C(c1ccc(O)cc1)c1ccc(N2CCC(CN3CC4CCC3CN4c3cc4c(cc3F)CN(C3CCC(=O)NC3=O)C4)CC2)cc1)c1ccc(O)cc1. The molecule has 0 radical (unpaired) electrons. The first-order valence-electron chi connectivity index (χ1n) is 20.8. The third-order valence-corrected chi connectivity index (χ3v) is 13.3. The molecule has 10 rings (SSSR count). The Morgan fingerprint density at radius 2 is 1.37 bits per heavy atom. The van der Waals surface area contributed by atoms with E-state index >= 15 is 4.39 Å². The summed E-state index contributed by atoms with van der Waals surface area (Å²) in [6, 6.07) is 27.8. The molecule has 2 bridgehead atoms. The lowest BCUT2D eigenvalue weighted by Gasteiger charge is -2.53. The average molecular weight is 770 g/mol. The standard InChI is InChI=1S/C47H52FN5O4/c1-2-41(31-5-13-39(54)14-6-31)46(33-7-15-40(55)16-8-33)32-3-9-36(10-4-32)50-21-19-30(20-22-50)25-51-28-38-12-11-37(51)29-53(38)44-24-35-27-52(26-34(35)23-42(44)48)43-17-18-45(56)49-47(43)57/h3-10,13-16,23-24,30,37-38,43,54-55H,2,11-12,17-22,25-29H2,1H3,(H,49,56,57). The number of allylic oxidation sites excluding steroid dienone is 1. The number of carbonyl (C=O) groups is 2. The molecule has 0 saturated carbocycles. The predicted molar refractivity (Wildman–Crippen MR) is 221 cm³/mol. The van der Waals surface area contributed by atoms with Crippen LogP contribution in [-0.4, -0.2) is 82.7 Å². The monoisotopic (exact) mass is 769 g/mol. The van der Waals surface area contributed by atoms with Gasteiger partial charge in [-0.2, -0.15) is 0 Å². The number of anilines is 2. The number of hydrogen-bond donors (Lipinski definition) is 3. The summed E-state index contributed by atoms with van der Waals surface area (Å²) in [5.74, 6) is 0.486. The minimum atomic E-state index is -0.348. The van der Waals surface area contributed by atoms with Crippen LogP contribution in [0, 0.1) is 11.7 Å². The van der Waals surface area contributed by atoms with E-state index in [1.807, 2.05) is 30.3 Å². The Labute approximate surface area is 334 Å². The third kappa shape index (κ3) is 7.53. The molecule has 0 aliphatic carbocycles. The van der Waals surface area contributed by atoms with Crippen molar-refractivity contribution in [3.8, 4) is 11.5 Å². The van der Waals surface area contributed by atoms with Crippen LogP contribution < -0.4 is 15.1 Å². The molecule has 9 nitrogen and oxygen atoms in total. The maximum atomic E-state index is 15.8. The van der Waals surface area contributed by atoms with Crippen molar-refractivity contribution in [2.75, 3.05) is 42.5 Å². The van der Waals surface area contributed by atoms with Gasteiger partial charge in [-0.05, 0) is 132 Å². The first kappa shape index (κ1) is 37.4. The predicted octanol–water partition coefficient (Wildman–Crippen LogP) is 7.30. The molecule has 6 heterocycles. The van der Waals surface area contributed by atoms with Gasteiger partial charge in [0.25, 0.3) is 0 Å². The van der Waals surface area contributed by atoms with E-state index in [1.54, 1.807) is 30.3 Å². The zero-order chi connectivity index (χ0) is 39.2. The summed E-state index contributed by atoms with van der Waals surface area (Å²) in [6.45, 7) is 8.22. The van der Waals surface area contributed by atoms with Crippen LogP contribution in [0.1, 0.15) is 79.7 Å². The Bertz CT molecular complexity index is 2160. The van der Waals surface area contributed by atoms with Crippen molar-refractivity contribution in [1.29, 1.82) is 0 Å². The number of phenolic OH excluding ortho intramolecular Hbond substituents is 2. The second-order valence-corrected chi connectivity index (χ2v) is 16.7. The van der Waals surface area contributed by atoms with Crippen LogP contribution in [0.2, 0.25) is 0 Å². The van der Waals surface area contributed by atoms with Crippen molar-refractivity contribution in [3.63, 3.8) is 0 Å². The lowest BCUT2D eigenvalue weighted by atomic mass is 9.87. The summed E-state index contributed by atoms with van der Waals surface area (Å²) in [7, 11) is 0. The molecule has 3 N–H and O–H groups in total. The summed E-state index contributed by atoms with van der Waals surface area (Å²) in [4.78, 5) is 33.8. The number of fused-ring (bicyclic) bond motifs is 4. The molecule has 2 amide bonds. The number of nitrogens with one attached hydrogen (secondary N) is 1. The highest BCUT2D eigenvalue weighted by Gasteiger charge is 2.42.